The van der Waals surface area contributed by atoms with Gasteiger partial charge >= 0.3 is 0 Å². The highest BCUT2D eigenvalue weighted by Crippen LogP contribution is 2.20. The van der Waals surface area contributed by atoms with Gasteiger partial charge in [0.25, 0.3) is 0 Å². The molecule has 4 nitrogen and oxygen atoms in total. The van der Waals surface area contributed by atoms with Crippen molar-refractivity contribution in [3.63, 3.8) is 0 Å². The van der Waals surface area contributed by atoms with E-state index in [4.69, 9.17) is 0 Å². The topological polar surface area (TPSA) is 54.9 Å². The summed E-state index contributed by atoms with van der Waals surface area (Å²) in [5.74, 6) is 0.105. The lowest BCUT2D eigenvalue weighted by atomic mass is 9.97. The maximum absolute atomic E-state index is 12.2. The van der Waals surface area contributed by atoms with E-state index in [1.165, 1.54) is 43.9 Å². The molecule has 1 amide bonds. The van der Waals surface area contributed by atoms with Gasteiger partial charge in [-0.15, -0.1) is 0 Å². The molecule has 1 heterocycles. The Hall–Kier alpha value is -1.10. The first-order valence-corrected chi connectivity index (χ1v) is 8.38. The Morgan fingerprint density at radius 2 is 1.80 bits per heavy atom. The molecule has 0 aliphatic heterocycles. The van der Waals surface area contributed by atoms with E-state index in [1.54, 1.807) is 18.5 Å². The molecule has 1 aliphatic carbocycles. The van der Waals surface area contributed by atoms with Crippen molar-refractivity contribution in [2.45, 2.75) is 68.3 Å². The minimum atomic E-state index is -0.150. The molecule has 5 heteroatoms. The normalized spacial score (nSPS) is 18.9. The van der Waals surface area contributed by atoms with Gasteiger partial charge < -0.3 is 5.32 Å². The summed E-state index contributed by atoms with van der Waals surface area (Å²) >= 11 is 1.42. The van der Waals surface area contributed by atoms with E-state index < -0.39 is 0 Å². The van der Waals surface area contributed by atoms with Gasteiger partial charge in [-0.05, 0) is 25.8 Å². The monoisotopic (exact) mass is 293 g/mol. The van der Waals surface area contributed by atoms with Crippen molar-refractivity contribution in [2.24, 2.45) is 0 Å². The molecule has 1 aromatic rings. The largest absolute Gasteiger partial charge is 0.352 e. The molecule has 1 atom stereocenters. The highest BCUT2D eigenvalue weighted by molar-refractivity contribution is 8.00. The second-order valence-corrected chi connectivity index (χ2v) is 6.65. The number of hydrogen-bond donors (Lipinski definition) is 1. The van der Waals surface area contributed by atoms with Crippen LogP contribution in [0.5, 0.6) is 0 Å². The number of carbonyl (C=O) groups is 1. The molecule has 1 aliphatic rings. The van der Waals surface area contributed by atoms with Crippen LogP contribution in [0.3, 0.4) is 0 Å². The Bertz CT molecular complexity index is 405. The van der Waals surface area contributed by atoms with E-state index in [-0.39, 0.29) is 11.2 Å². The molecular weight excluding hydrogens is 270 g/mol. The van der Waals surface area contributed by atoms with Crippen molar-refractivity contribution in [2.75, 3.05) is 0 Å². The molecule has 1 aromatic heterocycles. The van der Waals surface area contributed by atoms with Crippen LogP contribution in [-0.2, 0) is 4.79 Å². The lowest BCUT2D eigenvalue weighted by molar-refractivity contribution is -0.121. The van der Waals surface area contributed by atoms with E-state index in [0.29, 0.717) is 11.2 Å². The third-order valence-electron chi connectivity index (χ3n) is 3.65. The van der Waals surface area contributed by atoms with Gasteiger partial charge in [0.2, 0.25) is 5.91 Å². The predicted octanol–water partition coefficient (Wildman–Crippen LogP) is 3.19. The van der Waals surface area contributed by atoms with Crippen LogP contribution >= 0.6 is 11.8 Å². The fourth-order valence-corrected chi connectivity index (χ4v) is 3.21. The number of carbonyl (C=O) groups excluding carboxylic acids is 1. The standard InChI is InChI=1S/C15H23N3OS/c1-12(20-15-16-10-7-11-17-15)14(19)18-13-8-5-3-2-4-6-9-13/h7,10-13H,2-6,8-9H2,1H3,(H,18,19). The molecule has 1 N–H and O–H groups in total. The smallest absolute Gasteiger partial charge is 0.233 e. The van der Waals surface area contributed by atoms with Crippen LogP contribution in [0.25, 0.3) is 0 Å². The maximum Gasteiger partial charge on any atom is 0.233 e. The fraction of sp³-hybridized carbons (Fsp3) is 0.667. The van der Waals surface area contributed by atoms with Crippen LogP contribution in [0, 0.1) is 0 Å². The molecule has 1 fully saturated rings. The molecule has 2 rings (SSSR count). The summed E-state index contributed by atoms with van der Waals surface area (Å²) in [5, 5.41) is 3.70. The van der Waals surface area contributed by atoms with Crippen molar-refractivity contribution in [1.82, 2.24) is 15.3 Å². The van der Waals surface area contributed by atoms with Crippen LogP contribution in [0.4, 0.5) is 0 Å². The maximum atomic E-state index is 12.2. The summed E-state index contributed by atoms with van der Waals surface area (Å²) in [6, 6.07) is 2.13. The van der Waals surface area contributed by atoms with Crippen molar-refractivity contribution in [1.29, 1.82) is 0 Å². The van der Waals surface area contributed by atoms with Crippen LogP contribution in [0.1, 0.15) is 51.9 Å². The number of thioether (sulfide) groups is 1. The first-order chi connectivity index (χ1) is 9.75. The summed E-state index contributed by atoms with van der Waals surface area (Å²) in [7, 11) is 0. The molecule has 0 saturated heterocycles. The lowest BCUT2D eigenvalue weighted by Crippen LogP contribution is -2.39. The first-order valence-electron chi connectivity index (χ1n) is 7.50. The van der Waals surface area contributed by atoms with Crippen LogP contribution in [0.2, 0.25) is 0 Å². The van der Waals surface area contributed by atoms with Crippen molar-refractivity contribution in [3.05, 3.63) is 18.5 Å². The highest BCUT2D eigenvalue weighted by Gasteiger charge is 2.20. The summed E-state index contributed by atoms with van der Waals surface area (Å²) in [4.78, 5) is 20.5. The average molecular weight is 293 g/mol. The van der Waals surface area contributed by atoms with Gasteiger partial charge in [0.15, 0.2) is 5.16 Å². The predicted molar refractivity (Wildman–Crippen MR) is 81.6 cm³/mol. The molecule has 110 valence electrons. The highest BCUT2D eigenvalue weighted by atomic mass is 32.2. The second kappa shape index (κ2) is 8.25. The number of nitrogens with zero attached hydrogens (tertiary/aromatic N) is 2. The number of amides is 1. The lowest BCUT2D eigenvalue weighted by Gasteiger charge is -2.22. The van der Waals surface area contributed by atoms with E-state index in [9.17, 15) is 4.79 Å². The number of nitrogens with one attached hydrogen (secondary N) is 1. The summed E-state index contributed by atoms with van der Waals surface area (Å²) in [6.45, 7) is 1.92. The van der Waals surface area contributed by atoms with Crippen molar-refractivity contribution >= 4 is 17.7 Å². The van der Waals surface area contributed by atoms with Gasteiger partial charge in [-0.3, -0.25) is 4.79 Å². The van der Waals surface area contributed by atoms with Crippen molar-refractivity contribution < 1.29 is 4.79 Å². The minimum absolute atomic E-state index is 0.105. The van der Waals surface area contributed by atoms with Gasteiger partial charge in [-0.25, -0.2) is 9.97 Å². The van der Waals surface area contributed by atoms with E-state index in [0.717, 1.165) is 12.8 Å². The minimum Gasteiger partial charge on any atom is -0.352 e. The number of hydrogen-bond acceptors (Lipinski definition) is 4. The summed E-state index contributed by atoms with van der Waals surface area (Å²) in [5.41, 5.74) is 0. The van der Waals surface area contributed by atoms with Crippen molar-refractivity contribution in [3.8, 4) is 0 Å². The third-order valence-corrected chi connectivity index (χ3v) is 4.63. The van der Waals surface area contributed by atoms with Gasteiger partial charge in [-0.1, -0.05) is 43.9 Å². The number of rotatable bonds is 4. The fourth-order valence-electron chi connectivity index (χ4n) is 2.48. The molecular formula is C15H23N3OS. The first kappa shape index (κ1) is 15.3. The zero-order valence-corrected chi connectivity index (χ0v) is 12.9. The molecule has 1 unspecified atom stereocenters. The van der Waals surface area contributed by atoms with Crippen LogP contribution < -0.4 is 5.32 Å². The molecule has 0 spiro atoms. The van der Waals surface area contributed by atoms with Crippen LogP contribution in [0.15, 0.2) is 23.6 Å². The molecule has 0 bridgehead atoms. The molecule has 1 saturated carbocycles. The zero-order chi connectivity index (χ0) is 14.2. The van der Waals surface area contributed by atoms with Crippen LogP contribution in [-0.4, -0.2) is 27.2 Å². The summed E-state index contributed by atoms with van der Waals surface area (Å²) < 4.78 is 0. The molecule has 20 heavy (non-hydrogen) atoms. The van der Waals surface area contributed by atoms with Gasteiger partial charge in [0, 0.05) is 18.4 Å². The Labute approximate surface area is 125 Å². The SMILES string of the molecule is CC(Sc1ncccn1)C(=O)NC1CCCCCCC1. The van der Waals surface area contributed by atoms with Gasteiger partial charge in [-0.2, -0.15) is 0 Å². The quantitative estimate of drug-likeness (QED) is 0.684. The molecule has 0 aromatic carbocycles. The zero-order valence-electron chi connectivity index (χ0n) is 12.0. The Balaban J connectivity index is 1.80. The Morgan fingerprint density at radius 1 is 1.20 bits per heavy atom. The molecule has 0 radical (unpaired) electrons. The van der Waals surface area contributed by atoms with E-state index in [1.807, 2.05) is 6.92 Å². The average Bonchev–Trinajstić information content (AvgIpc) is 2.42. The Morgan fingerprint density at radius 3 is 2.45 bits per heavy atom. The number of aromatic nitrogens is 2. The van der Waals surface area contributed by atoms with E-state index in [2.05, 4.69) is 15.3 Å². The second-order valence-electron chi connectivity index (χ2n) is 5.34. The van der Waals surface area contributed by atoms with E-state index >= 15 is 0 Å². The third kappa shape index (κ3) is 5.12. The van der Waals surface area contributed by atoms with Gasteiger partial charge in [0.1, 0.15) is 0 Å². The van der Waals surface area contributed by atoms with Gasteiger partial charge in [0.05, 0.1) is 5.25 Å². The Kier molecular flexibility index (Phi) is 6.30. The summed E-state index contributed by atoms with van der Waals surface area (Å²) in [6.07, 6.45) is 12.0.